The minimum Gasteiger partial charge on any atom is -0.496 e. The summed E-state index contributed by atoms with van der Waals surface area (Å²) >= 11 is 1.42. The summed E-state index contributed by atoms with van der Waals surface area (Å²) in [5.74, 6) is 0.708. The van der Waals surface area contributed by atoms with Crippen LogP contribution in [0.5, 0.6) is 5.75 Å². The highest BCUT2D eigenvalue weighted by Crippen LogP contribution is 2.36. The standard InChI is InChI=1S/C29H31N3O2S/c1-4-31(5-2)25-17-16-24(26(19-25)34-3)18-27-28(33)32(21-23-14-10-7-11-15-23)29(35-27)30-20-22-12-8-6-9-13-22/h6-19H,4-5,20-21H2,1-3H3/b27-18-,30-29?. The summed E-state index contributed by atoms with van der Waals surface area (Å²) in [7, 11) is 1.67. The van der Waals surface area contributed by atoms with Crippen LogP contribution in [0.3, 0.4) is 0 Å². The van der Waals surface area contributed by atoms with Gasteiger partial charge in [0.25, 0.3) is 5.91 Å². The summed E-state index contributed by atoms with van der Waals surface area (Å²) in [5, 5.41) is 0.715. The summed E-state index contributed by atoms with van der Waals surface area (Å²) in [5.41, 5.74) is 4.16. The van der Waals surface area contributed by atoms with Crippen molar-refractivity contribution in [2.24, 2.45) is 4.99 Å². The fourth-order valence-electron chi connectivity index (χ4n) is 4.02. The molecule has 180 valence electrons. The van der Waals surface area contributed by atoms with E-state index in [1.165, 1.54) is 11.8 Å². The second-order valence-corrected chi connectivity index (χ2v) is 9.18. The molecule has 5 nitrogen and oxygen atoms in total. The lowest BCUT2D eigenvalue weighted by Crippen LogP contribution is -2.28. The molecule has 1 amide bonds. The second kappa shape index (κ2) is 11.8. The Bertz CT molecular complexity index is 1210. The highest BCUT2D eigenvalue weighted by molar-refractivity contribution is 8.18. The van der Waals surface area contributed by atoms with Crippen molar-refractivity contribution in [2.75, 3.05) is 25.1 Å². The van der Waals surface area contributed by atoms with E-state index in [1.54, 1.807) is 12.0 Å². The van der Waals surface area contributed by atoms with Gasteiger partial charge in [-0.2, -0.15) is 0 Å². The largest absolute Gasteiger partial charge is 0.496 e. The molecule has 0 radical (unpaired) electrons. The number of amides is 1. The lowest BCUT2D eigenvalue weighted by atomic mass is 10.1. The van der Waals surface area contributed by atoms with Crippen molar-refractivity contribution in [1.29, 1.82) is 0 Å². The fourth-order valence-corrected chi connectivity index (χ4v) is 4.99. The van der Waals surface area contributed by atoms with Gasteiger partial charge in [-0.3, -0.25) is 14.7 Å². The van der Waals surface area contributed by atoms with E-state index in [1.807, 2.05) is 78.9 Å². The molecule has 0 bridgehead atoms. The van der Waals surface area contributed by atoms with Crippen molar-refractivity contribution in [2.45, 2.75) is 26.9 Å². The first-order valence-corrected chi connectivity index (χ1v) is 12.7. The van der Waals surface area contributed by atoms with Gasteiger partial charge in [0.1, 0.15) is 5.75 Å². The van der Waals surface area contributed by atoms with E-state index < -0.39 is 0 Å². The number of thioether (sulfide) groups is 1. The predicted octanol–water partition coefficient (Wildman–Crippen LogP) is 6.21. The Hall–Kier alpha value is -3.51. The molecule has 1 heterocycles. The number of carbonyl (C=O) groups is 1. The highest BCUT2D eigenvalue weighted by atomic mass is 32.2. The van der Waals surface area contributed by atoms with E-state index in [9.17, 15) is 4.79 Å². The van der Waals surface area contributed by atoms with Gasteiger partial charge in [-0.15, -0.1) is 0 Å². The smallest absolute Gasteiger partial charge is 0.267 e. The number of amidine groups is 1. The number of hydrogen-bond donors (Lipinski definition) is 0. The van der Waals surface area contributed by atoms with Crippen molar-refractivity contribution in [3.8, 4) is 5.75 Å². The zero-order valence-corrected chi connectivity index (χ0v) is 21.3. The minimum atomic E-state index is -0.0412. The van der Waals surface area contributed by atoms with Crippen molar-refractivity contribution in [1.82, 2.24) is 4.90 Å². The Morgan fingerprint density at radius 2 is 1.60 bits per heavy atom. The number of benzene rings is 3. The molecule has 0 N–H and O–H groups in total. The molecule has 6 heteroatoms. The predicted molar refractivity (Wildman–Crippen MR) is 147 cm³/mol. The van der Waals surface area contributed by atoms with E-state index >= 15 is 0 Å². The Morgan fingerprint density at radius 3 is 2.23 bits per heavy atom. The topological polar surface area (TPSA) is 45.1 Å². The van der Waals surface area contributed by atoms with Crippen LogP contribution in [0.4, 0.5) is 5.69 Å². The van der Waals surface area contributed by atoms with E-state index in [2.05, 4.69) is 24.8 Å². The Morgan fingerprint density at radius 1 is 0.943 bits per heavy atom. The molecule has 0 saturated carbocycles. The number of nitrogens with zero attached hydrogens (tertiary/aromatic N) is 3. The van der Waals surface area contributed by atoms with Crippen LogP contribution < -0.4 is 9.64 Å². The number of ether oxygens (including phenoxy) is 1. The van der Waals surface area contributed by atoms with E-state index in [4.69, 9.17) is 9.73 Å². The van der Waals surface area contributed by atoms with Gasteiger partial charge in [0.05, 0.1) is 25.1 Å². The summed E-state index contributed by atoms with van der Waals surface area (Å²) in [4.78, 5) is 23.0. The molecule has 4 rings (SSSR count). The van der Waals surface area contributed by atoms with Crippen LogP contribution in [0.2, 0.25) is 0 Å². The number of carbonyl (C=O) groups excluding carboxylic acids is 1. The van der Waals surface area contributed by atoms with Gasteiger partial charge in [-0.25, -0.2) is 0 Å². The summed E-state index contributed by atoms with van der Waals surface area (Å²) in [6.07, 6.45) is 1.92. The normalized spacial score (nSPS) is 15.7. The molecule has 0 aliphatic carbocycles. The van der Waals surface area contributed by atoms with Crippen LogP contribution >= 0.6 is 11.8 Å². The average Bonchev–Trinajstić information content (AvgIpc) is 3.19. The molecule has 35 heavy (non-hydrogen) atoms. The molecule has 1 saturated heterocycles. The van der Waals surface area contributed by atoms with Gasteiger partial charge in [0.2, 0.25) is 0 Å². The molecule has 1 aliphatic rings. The highest BCUT2D eigenvalue weighted by Gasteiger charge is 2.33. The fraction of sp³-hybridized carbons (Fsp3) is 0.241. The third-order valence-electron chi connectivity index (χ3n) is 5.94. The number of methoxy groups -OCH3 is 1. The van der Waals surface area contributed by atoms with Gasteiger partial charge >= 0.3 is 0 Å². The number of aliphatic imine (C=N–C) groups is 1. The lowest BCUT2D eigenvalue weighted by Gasteiger charge is -2.22. The summed E-state index contributed by atoms with van der Waals surface area (Å²) < 4.78 is 5.69. The maximum atomic E-state index is 13.5. The van der Waals surface area contributed by atoms with Gasteiger partial charge < -0.3 is 9.64 Å². The SMILES string of the molecule is CCN(CC)c1ccc(/C=C2\SC(=NCc3ccccc3)N(Cc3ccccc3)C2=O)c(OC)c1. The number of anilines is 1. The zero-order chi connectivity index (χ0) is 24.6. The van der Waals surface area contributed by atoms with Crippen molar-refractivity contribution >= 4 is 34.6 Å². The van der Waals surface area contributed by atoms with Gasteiger partial charge in [-0.05, 0) is 54.9 Å². The lowest BCUT2D eigenvalue weighted by molar-refractivity contribution is -0.122. The minimum absolute atomic E-state index is 0.0412. The molecule has 0 unspecified atom stereocenters. The quantitative estimate of drug-likeness (QED) is 0.338. The molecule has 3 aromatic carbocycles. The van der Waals surface area contributed by atoms with Crippen LogP contribution in [0.1, 0.15) is 30.5 Å². The summed E-state index contributed by atoms with van der Waals surface area (Å²) in [6.45, 7) is 7.12. The molecule has 0 aromatic heterocycles. The average molecular weight is 486 g/mol. The molecule has 1 fully saturated rings. The van der Waals surface area contributed by atoms with E-state index in [-0.39, 0.29) is 5.91 Å². The first-order valence-electron chi connectivity index (χ1n) is 11.9. The van der Waals surface area contributed by atoms with Crippen molar-refractivity contribution in [3.63, 3.8) is 0 Å². The van der Waals surface area contributed by atoms with Crippen LogP contribution in [-0.4, -0.2) is 36.2 Å². The maximum absolute atomic E-state index is 13.5. The van der Waals surface area contributed by atoms with Gasteiger partial charge in [-0.1, -0.05) is 60.7 Å². The van der Waals surface area contributed by atoms with E-state index in [0.29, 0.717) is 23.2 Å². The third kappa shape index (κ3) is 5.95. The molecule has 1 aliphatic heterocycles. The van der Waals surface area contributed by atoms with Gasteiger partial charge in [0, 0.05) is 30.4 Å². The van der Waals surface area contributed by atoms with Crippen LogP contribution in [0.25, 0.3) is 6.08 Å². The molecular formula is C29H31N3O2S. The van der Waals surface area contributed by atoms with Crippen molar-refractivity contribution in [3.05, 3.63) is 100 Å². The van der Waals surface area contributed by atoms with Crippen LogP contribution in [-0.2, 0) is 17.9 Å². The number of hydrogen-bond acceptors (Lipinski definition) is 5. The molecular weight excluding hydrogens is 454 g/mol. The molecule has 0 atom stereocenters. The van der Waals surface area contributed by atoms with Crippen LogP contribution in [0.15, 0.2) is 88.8 Å². The first kappa shape index (κ1) is 24.6. The molecule has 3 aromatic rings. The van der Waals surface area contributed by atoms with E-state index in [0.717, 1.165) is 41.2 Å². The molecule has 0 spiro atoms. The Labute approximate surface area is 212 Å². The maximum Gasteiger partial charge on any atom is 0.267 e. The first-order chi connectivity index (χ1) is 17.1. The van der Waals surface area contributed by atoms with Crippen LogP contribution in [0, 0.1) is 0 Å². The van der Waals surface area contributed by atoms with Crippen molar-refractivity contribution < 1.29 is 9.53 Å². The summed E-state index contributed by atoms with van der Waals surface area (Å²) in [6, 6.07) is 26.3. The van der Waals surface area contributed by atoms with Gasteiger partial charge in [0.15, 0.2) is 5.17 Å². The Kier molecular flexibility index (Phi) is 8.27. The Balaban J connectivity index is 1.65. The zero-order valence-electron chi connectivity index (χ0n) is 20.5. The number of rotatable bonds is 9. The second-order valence-electron chi connectivity index (χ2n) is 8.17. The third-order valence-corrected chi connectivity index (χ3v) is 6.99. The monoisotopic (exact) mass is 485 g/mol.